The van der Waals surface area contributed by atoms with E-state index in [9.17, 15) is 18.3 Å². The molecule has 1 aliphatic rings. The van der Waals surface area contributed by atoms with Gasteiger partial charge in [-0.2, -0.15) is 0 Å². The summed E-state index contributed by atoms with van der Waals surface area (Å²) in [5, 5.41) is 19.5. The lowest BCUT2D eigenvalue weighted by atomic mass is 10.00. The zero-order valence-electron chi connectivity index (χ0n) is 12.0. The van der Waals surface area contributed by atoms with Gasteiger partial charge in [0.05, 0.1) is 20.7 Å². The third-order valence-corrected chi connectivity index (χ3v) is 5.72. The van der Waals surface area contributed by atoms with Gasteiger partial charge in [0, 0.05) is 17.2 Å². The number of carboxylic acid groups (broad SMARTS) is 1. The summed E-state index contributed by atoms with van der Waals surface area (Å²) in [7, 11) is -3.65. The molecule has 4 rings (SSSR count). The number of aromatic carboxylic acids is 1. The molecular weight excluding hydrogens is 334 g/mol. The van der Waals surface area contributed by atoms with Crippen LogP contribution in [0.1, 0.15) is 10.5 Å². The molecule has 1 aromatic heterocycles. The van der Waals surface area contributed by atoms with E-state index in [4.69, 9.17) is 5.11 Å². The van der Waals surface area contributed by atoms with Gasteiger partial charge in [-0.25, -0.2) is 18.2 Å². The minimum Gasteiger partial charge on any atom is -0.507 e. The molecule has 4 N–H and O–H groups in total. The predicted octanol–water partition coefficient (Wildman–Crippen LogP) is 1.63. The normalized spacial score (nSPS) is 13.8. The van der Waals surface area contributed by atoms with Crippen LogP contribution in [0.3, 0.4) is 0 Å². The molecule has 2 aromatic carbocycles. The first kappa shape index (κ1) is 15.9. The van der Waals surface area contributed by atoms with Crippen LogP contribution in [0.4, 0.5) is 0 Å². The van der Waals surface area contributed by atoms with Gasteiger partial charge < -0.3 is 15.7 Å². The predicted molar refractivity (Wildman–Crippen MR) is 84.9 cm³/mol. The molecule has 0 amide bonds. The number of aromatic hydroxyl groups is 1. The summed E-state index contributed by atoms with van der Waals surface area (Å²) in [6, 6.07) is 10.3. The minimum atomic E-state index is -3.65. The summed E-state index contributed by atoms with van der Waals surface area (Å²) >= 11 is 0. The molecule has 122 valence electrons. The molecular formula is C16H11NO6S. The van der Waals surface area contributed by atoms with Gasteiger partial charge in [0.15, 0.2) is 5.69 Å². The first-order valence-electron chi connectivity index (χ1n) is 6.66. The fourth-order valence-corrected chi connectivity index (χ4v) is 4.60. The summed E-state index contributed by atoms with van der Waals surface area (Å²) in [5.41, 5.74) is 0.769. The molecule has 8 heteroatoms. The maximum Gasteiger partial charge on any atom is 0.354 e. The molecule has 0 fully saturated rings. The van der Waals surface area contributed by atoms with Crippen LogP contribution in [0, 0.1) is 0 Å². The zero-order valence-corrected chi connectivity index (χ0v) is 12.8. The van der Waals surface area contributed by atoms with Crippen LogP contribution in [0.2, 0.25) is 0 Å². The minimum absolute atomic E-state index is 0. The van der Waals surface area contributed by atoms with Gasteiger partial charge in [-0.3, -0.25) is 0 Å². The summed E-state index contributed by atoms with van der Waals surface area (Å²) in [5.74, 6) is -1.58. The monoisotopic (exact) mass is 345 g/mol. The van der Waals surface area contributed by atoms with Crippen molar-refractivity contribution in [1.82, 2.24) is 4.98 Å². The van der Waals surface area contributed by atoms with Crippen molar-refractivity contribution in [3.8, 4) is 16.9 Å². The van der Waals surface area contributed by atoms with E-state index in [1.54, 1.807) is 18.2 Å². The standard InChI is InChI=1S/C16H9NO5S.H2O/c18-11-7-10(16(19)20)17-9-5-6-13-14(15(9)11)8-3-1-2-4-12(8)23(13,21)22;/h1-7H,(H,17,18)(H,19,20);1H2. The fraction of sp³-hybridized carbons (Fsp3) is 0. The van der Waals surface area contributed by atoms with Crippen molar-refractivity contribution in [3.05, 3.63) is 48.2 Å². The van der Waals surface area contributed by atoms with Crippen molar-refractivity contribution in [2.24, 2.45) is 0 Å². The van der Waals surface area contributed by atoms with Gasteiger partial charge in [-0.1, -0.05) is 18.2 Å². The fourth-order valence-electron chi connectivity index (χ4n) is 2.92. The number of nitrogens with zero attached hydrogens (tertiary/aromatic N) is 1. The van der Waals surface area contributed by atoms with E-state index < -0.39 is 15.8 Å². The van der Waals surface area contributed by atoms with Crippen LogP contribution in [-0.4, -0.2) is 35.1 Å². The Morgan fingerprint density at radius 3 is 2.46 bits per heavy atom. The van der Waals surface area contributed by atoms with Crippen molar-refractivity contribution < 1.29 is 28.9 Å². The second kappa shape index (κ2) is 5.02. The number of aromatic nitrogens is 1. The quantitative estimate of drug-likeness (QED) is 0.538. The molecule has 1 aliphatic heterocycles. The van der Waals surface area contributed by atoms with Gasteiger partial charge in [0.1, 0.15) is 5.75 Å². The van der Waals surface area contributed by atoms with E-state index in [1.807, 2.05) is 0 Å². The van der Waals surface area contributed by atoms with Gasteiger partial charge in [-0.15, -0.1) is 0 Å². The van der Waals surface area contributed by atoms with Gasteiger partial charge >= 0.3 is 5.97 Å². The molecule has 0 unspecified atom stereocenters. The highest BCUT2D eigenvalue weighted by Gasteiger charge is 2.35. The molecule has 3 aromatic rings. The van der Waals surface area contributed by atoms with Gasteiger partial charge in [0.2, 0.25) is 9.84 Å². The van der Waals surface area contributed by atoms with Crippen LogP contribution in [0.25, 0.3) is 22.0 Å². The summed E-state index contributed by atoms with van der Waals surface area (Å²) in [6.45, 7) is 0. The average Bonchev–Trinajstić information content (AvgIpc) is 2.75. The highest BCUT2D eigenvalue weighted by atomic mass is 32.2. The first-order chi connectivity index (χ1) is 10.9. The molecule has 0 atom stereocenters. The Kier molecular flexibility index (Phi) is 3.32. The van der Waals surface area contributed by atoms with Crippen molar-refractivity contribution >= 4 is 26.7 Å². The maximum atomic E-state index is 12.6. The molecule has 7 nitrogen and oxygen atoms in total. The number of hydrogen-bond acceptors (Lipinski definition) is 5. The number of carbonyl (C=O) groups is 1. The first-order valence-corrected chi connectivity index (χ1v) is 8.14. The number of fused-ring (bicyclic) bond motifs is 5. The van der Waals surface area contributed by atoms with E-state index in [2.05, 4.69) is 4.98 Å². The van der Waals surface area contributed by atoms with E-state index in [0.717, 1.165) is 6.07 Å². The number of benzene rings is 2. The van der Waals surface area contributed by atoms with E-state index >= 15 is 0 Å². The Balaban J connectivity index is 0.00000169. The Morgan fingerprint density at radius 2 is 1.75 bits per heavy atom. The van der Waals surface area contributed by atoms with Crippen LogP contribution >= 0.6 is 0 Å². The Hall–Kier alpha value is -2.97. The van der Waals surface area contributed by atoms with E-state index in [-0.39, 0.29) is 37.6 Å². The van der Waals surface area contributed by atoms with E-state index in [0.29, 0.717) is 11.1 Å². The second-order valence-electron chi connectivity index (χ2n) is 5.16. The van der Waals surface area contributed by atoms with Gasteiger partial charge in [-0.05, 0) is 18.2 Å². The van der Waals surface area contributed by atoms with Crippen LogP contribution in [-0.2, 0) is 9.84 Å². The number of rotatable bonds is 1. The summed E-state index contributed by atoms with van der Waals surface area (Å²) in [4.78, 5) is 15.3. The van der Waals surface area contributed by atoms with Crippen molar-refractivity contribution in [1.29, 1.82) is 0 Å². The van der Waals surface area contributed by atoms with Gasteiger partial charge in [0.25, 0.3) is 0 Å². The highest BCUT2D eigenvalue weighted by Crippen LogP contribution is 2.48. The molecule has 2 heterocycles. The Bertz CT molecular complexity index is 1120. The number of hydrogen-bond donors (Lipinski definition) is 2. The molecule has 0 saturated carbocycles. The Labute approximate surface area is 136 Å². The van der Waals surface area contributed by atoms with E-state index in [1.165, 1.54) is 18.2 Å². The smallest absolute Gasteiger partial charge is 0.354 e. The number of carboxylic acids is 1. The van der Waals surface area contributed by atoms with Crippen LogP contribution in [0.5, 0.6) is 5.75 Å². The third kappa shape index (κ3) is 1.90. The zero-order chi connectivity index (χ0) is 16.4. The largest absolute Gasteiger partial charge is 0.507 e. The van der Waals surface area contributed by atoms with Crippen LogP contribution < -0.4 is 0 Å². The second-order valence-corrected chi connectivity index (χ2v) is 7.05. The number of pyridine rings is 1. The van der Waals surface area contributed by atoms with Crippen molar-refractivity contribution in [3.63, 3.8) is 0 Å². The Morgan fingerprint density at radius 1 is 1.04 bits per heavy atom. The number of sulfone groups is 1. The van der Waals surface area contributed by atoms with Crippen molar-refractivity contribution in [2.75, 3.05) is 0 Å². The highest BCUT2D eigenvalue weighted by molar-refractivity contribution is 7.92. The molecule has 0 bridgehead atoms. The average molecular weight is 345 g/mol. The lowest BCUT2D eigenvalue weighted by Gasteiger charge is -2.08. The third-order valence-electron chi connectivity index (χ3n) is 3.87. The molecule has 0 aliphatic carbocycles. The summed E-state index contributed by atoms with van der Waals surface area (Å²) < 4.78 is 25.2. The topological polar surface area (TPSA) is 136 Å². The lowest BCUT2D eigenvalue weighted by molar-refractivity contribution is 0.0690. The summed E-state index contributed by atoms with van der Waals surface area (Å²) in [6.07, 6.45) is 0. The molecule has 0 saturated heterocycles. The van der Waals surface area contributed by atoms with Crippen LogP contribution in [0.15, 0.2) is 52.3 Å². The lowest BCUT2D eigenvalue weighted by Crippen LogP contribution is -2.01. The maximum absolute atomic E-state index is 12.6. The van der Waals surface area contributed by atoms with Crippen molar-refractivity contribution in [2.45, 2.75) is 9.79 Å². The molecule has 0 spiro atoms. The SMILES string of the molecule is O.O=C(O)c1cc(O)c2c3c(ccc2n1)S(=O)(=O)c1ccccc1-3. The molecule has 24 heavy (non-hydrogen) atoms. The molecule has 0 radical (unpaired) electrons.